The lowest BCUT2D eigenvalue weighted by Gasteiger charge is -2.10. The van der Waals surface area contributed by atoms with E-state index in [4.69, 9.17) is 14.0 Å². The van der Waals surface area contributed by atoms with E-state index in [-0.39, 0.29) is 5.69 Å². The first-order valence-electron chi connectivity index (χ1n) is 7.68. The summed E-state index contributed by atoms with van der Waals surface area (Å²) in [6.07, 6.45) is 0. The van der Waals surface area contributed by atoms with Gasteiger partial charge in [0.25, 0.3) is 5.91 Å². The molecule has 0 unspecified atom stereocenters. The Morgan fingerprint density at radius 2 is 1.88 bits per heavy atom. The molecule has 128 valence electrons. The van der Waals surface area contributed by atoms with Gasteiger partial charge in [-0.25, -0.2) is 0 Å². The Hall–Kier alpha value is -3.28. The van der Waals surface area contributed by atoms with Gasteiger partial charge < -0.3 is 19.3 Å². The number of anilines is 1. The Morgan fingerprint density at radius 1 is 1.08 bits per heavy atom. The van der Waals surface area contributed by atoms with E-state index in [1.54, 1.807) is 31.4 Å². The van der Waals surface area contributed by atoms with Gasteiger partial charge in [0, 0.05) is 17.7 Å². The molecule has 1 heterocycles. The summed E-state index contributed by atoms with van der Waals surface area (Å²) in [5.41, 5.74) is 2.61. The fourth-order valence-corrected chi connectivity index (χ4v) is 2.46. The van der Waals surface area contributed by atoms with Gasteiger partial charge in [0.05, 0.1) is 19.9 Å². The number of benzene rings is 2. The van der Waals surface area contributed by atoms with Crippen LogP contribution in [0.3, 0.4) is 0 Å². The summed E-state index contributed by atoms with van der Waals surface area (Å²) in [5, 5.41) is 6.63. The van der Waals surface area contributed by atoms with Crippen LogP contribution in [0.2, 0.25) is 0 Å². The molecule has 0 spiro atoms. The number of carbonyl (C=O) groups excluding carboxylic acids is 1. The molecule has 0 aliphatic carbocycles. The van der Waals surface area contributed by atoms with Crippen molar-refractivity contribution >= 4 is 11.6 Å². The number of nitrogens with one attached hydrogen (secondary N) is 1. The molecular weight excluding hydrogens is 320 g/mol. The summed E-state index contributed by atoms with van der Waals surface area (Å²) in [7, 11) is 3.09. The second kappa shape index (κ2) is 7.09. The van der Waals surface area contributed by atoms with Crippen molar-refractivity contribution in [1.29, 1.82) is 0 Å². The van der Waals surface area contributed by atoms with E-state index in [0.29, 0.717) is 22.9 Å². The van der Waals surface area contributed by atoms with E-state index < -0.39 is 5.91 Å². The molecule has 0 atom stereocenters. The Bertz CT molecular complexity index is 902. The van der Waals surface area contributed by atoms with E-state index >= 15 is 0 Å². The number of hydrogen-bond donors (Lipinski definition) is 1. The van der Waals surface area contributed by atoms with Crippen molar-refractivity contribution in [3.63, 3.8) is 0 Å². The normalized spacial score (nSPS) is 10.4. The summed E-state index contributed by atoms with van der Waals surface area (Å²) >= 11 is 0. The predicted molar refractivity (Wildman–Crippen MR) is 94.2 cm³/mol. The summed E-state index contributed by atoms with van der Waals surface area (Å²) in [6.45, 7) is 1.97. The topological polar surface area (TPSA) is 73.6 Å². The zero-order valence-electron chi connectivity index (χ0n) is 14.2. The number of rotatable bonds is 5. The maximum Gasteiger partial charge on any atom is 0.277 e. The first kappa shape index (κ1) is 16.6. The average Bonchev–Trinajstić information content (AvgIpc) is 3.12. The van der Waals surface area contributed by atoms with E-state index in [1.165, 1.54) is 7.11 Å². The van der Waals surface area contributed by atoms with E-state index in [2.05, 4.69) is 10.5 Å². The zero-order chi connectivity index (χ0) is 17.8. The molecule has 6 heteroatoms. The number of carbonyl (C=O) groups is 1. The second-order valence-electron chi connectivity index (χ2n) is 5.41. The van der Waals surface area contributed by atoms with Crippen LogP contribution in [0.5, 0.6) is 11.5 Å². The van der Waals surface area contributed by atoms with Crippen molar-refractivity contribution in [3.8, 4) is 22.8 Å². The molecule has 0 bridgehead atoms. The molecule has 0 fully saturated rings. The van der Waals surface area contributed by atoms with E-state index in [9.17, 15) is 4.79 Å². The quantitative estimate of drug-likeness (QED) is 0.763. The lowest BCUT2D eigenvalue weighted by atomic mass is 10.1. The second-order valence-corrected chi connectivity index (χ2v) is 5.41. The van der Waals surface area contributed by atoms with Crippen LogP contribution in [0.25, 0.3) is 11.3 Å². The van der Waals surface area contributed by atoms with Gasteiger partial charge in [-0.05, 0) is 24.6 Å². The standard InChI is InChI=1S/C19H18N2O4/c1-12-6-4-5-7-14(12)18-11-16(21-25-18)19(22)20-15-10-13(23-2)8-9-17(15)24-3/h4-11H,1-3H3,(H,20,22). The van der Waals surface area contributed by atoms with Gasteiger partial charge in [-0.15, -0.1) is 0 Å². The molecule has 0 aliphatic heterocycles. The Balaban J connectivity index is 1.85. The molecule has 0 saturated heterocycles. The molecule has 25 heavy (non-hydrogen) atoms. The molecule has 2 aromatic carbocycles. The Labute approximate surface area is 145 Å². The summed E-state index contributed by atoms with van der Waals surface area (Å²) < 4.78 is 15.8. The predicted octanol–water partition coefficient (Wildman–Crippen LogP) is 3.92. The van der Waals surface area contributed by atoms with Crippen LogP contribution in [0, 0.1) is 6.92 Å². The SMILES string of the molecule is COc1ccc(OC)c(NC(=O)c2cc(-c3ccccc3C)on2)c1. The maximum absolute atomic E-state index is 12.5. The number of methoxy groups -OCH3 is 2. The number of hydrogen-bond acceptors (Lipinski definition) is 5. The average molecular weight is 338 g/mol. The van der Waals surface area contributed by atoms with Crippen molar-refractivity contribution in [2.45, 2.75) is 6.92 Å². The lowest BCUT2D eigenvalue weighted by Crippen LogP contribution is -2.13. The van der Waals surface area contributed by atoms with Crippen LogP contribution in [-0.4, -0.2) is 25.3 Å². The fourth-order valence-electron chi connectivity index (χ4n) is 2.46. The molecule has 3 rings (SSSR count). The minimum Gasteiger partial charge on any atom is -0.497 e. The van der Waals surface area contributed by atoms with Crippen LogP contribution < -0.4 is 14.8 Å². The Kier molecular flexibility index (Phi) is 4.70. The number of ether oxygens (including phenoxy) is 2. The smallest absolute Gasteiger partial charge is 0.277 e. The monoisotopic (exact) mass is 338 g/mol. The molecule has 3 aromatic rings. The number of aryl methyl sites for hydroxylation is 1. The zero-order valence-corrected chi connectivity index (χ0v) is 14.2. The van der Waals surface area contributed by atoms with Crippen molar-refractivity contribution in [1.82, 2.24) is 5.16 Å². The first-order valence-corrected chi connectivity index (χ1v) is 7.68. The maximum atomic E-state index is 12.5. The van der Waals surface area contributed by atoms with Crippen molar-refractivity contribution in [2.75, 3.05) is 19.5 Å². The highest BCUT2D eigenvalue weighted by atomic mass is 16.5. The summed E-state index contributed by atoms with van der Waals surface area (Å²) in [6, 6.07) is 14.5. The fraction of sp³-hybridized carbons (Fsp3) is 0.158. The molecule has 0 aliphatic rings. The van der Waals surface area contributed by atoms with Gasteiger partial charge in [0.1, 0.15) is 11.5 Å². The minimum atomic E-state index is -0.393. The van der Waals surface area contributed by atoms with Crippen LogP contribution >= 0.6 is 0 Å². The van der Waals surface area contributed by atoms with Gasteiger partial charge in [0.2, 0.25) is 0 Å². The largest absolute Gasteiger partial charge is 0.497 e. The van der Waals surface area contributed by atoms with E-state index in [1.807, 2.05) is 31.2 Å². The highest BCUT2D eigenvalue weighted by Gasteiger charge is 2.17. The van der Waals surface area contributed by atoms with Gasteiger partial charge >= 0.3 is 0 Å². The first-order chi connectivity index (χ1) is 12.1. The highest BCUT2D eigenvalue weighted by Crippen LogP contribution is 2.30. The third-order valence-corrected chi connectivity index (χ3v) is 3.81. The van der Waals surface area contributed by atoms with E-state index in [0.717, 1.165) is 11.1 Å². The van der Waals surface area contributed by atoms with Crippen molar-refractivity contribution in [3.05, 3.63) is 59.8 Å². The highest BCUT2D eigenvalue weighted by molar-refractivity contribution is 6.04. The summed E-state index contributed by atoms with van der Waals surface area (Å²) in [4.78, 5) is 12.5. The van der Waals surface area contributed by atoms with Gasteiger partial charge in [-0.1, -0.05) is 29.4 Å². The van der Waals surface area contributed by atoms with Crippen LogP contribution in [-0.2, 0) is 0 Å². The molecule has 1 aromatic heterocycles. The van der Waals surface area contributed by atoms with Crippen LogP contribution in [0.4, 0.5) is 5.69 Å². The third-order valence-electron chi connectivity index (χ3n) is 3.81. The molecule has 1 amide bonds. The molecular formula is C19H18N2O4. The molecule has 0 saturated carbocycles. The minimum absolute atomic E-state index is 0.183. The third kappa shape index (κ3) is 3.47. The van der Waals surface area contributed by atoms with Gasteiger partial charge in [0.15, 0.2) is 11.5 Å². The van der Waals surface area contributed by atoms with Crippen LogP contribution in [0.15, 0.2) is 53.1 Å². The van der Waals surface area contributed by atoms with Gasteiger partial charge in [-0.3, -0.25) is 4.79 Å². The van der Waals surface area contributed by atoms with Crippen molar-refractivity contribution < 1.29 is 18.8 Å². The van der Waals surface area contributed by atoms with Crippen molar-refractivity contribution in [2.24, 2.45) is 0 Å². The van der Waals surface area contributed by atoms with Crippen LogP contribution in [0.1, 0.15) is 16.1 Å². The number of nitrogens with zero attached hydrogens (tertiary/aromatic N) is 1. The van der Waals surface area contributed by atoms with Gasteiger partial charge in [-0.2, -0.15) is 0 Å². The molecule has 0 radical (unpaired) electrons. The molecule has 1 N–H and O–H groups in total. The number of aromatic nitrogens is 1. The summed E-state index contributed by atoms with van der Waals surface area (Å²) in [5.74, 6) is 1.28. The lowest BCUT2D eigenvalue weighted by molar-refractivity contribution is 0.101. The Morgan fingerprint density at radius 3 is 2.60 bits per heavy atom. The molecule has 6 nitrogen and oxygen atoms in total. The number of amides is 1.